The van der Waals surface area contributed by atoms with Crippen molar-refractivity contribution in [2.45, 2.75) is 6.92 Å². The first-order valence-electron chi connectivity index (χ1n) is 6.21. The van der Waals surface area contributed by atoms with E-state index >= 15 is 0 Å². The van der Waals surface area contributed by atoms with Gasteiger partial charge in [0.25, 0.3) is 5.91 Å². The van der Waals surface area contributed by atoms with Gasteiger partial charge in [-0.05, 0) is 24.6 Å². The van der Waals surface area contributed by atoms with Crippen LogP contribution in [0.15, 0.2) is 28.9 Å². The lowest BCUT2D eigenvalue weighted by atomic mass is 10.0. The third kappa shape index (κ3) is 2.28. The first-order chi connectivity index (χ1) is 9.45. The summed E-state index contributed by atoms with van der Waals surface area (Å²) in [6, 6.07) is 7.75. The molecule has 1 aliphatic heterocycles. The van der Waals surface area contributed by atoms with Crippen LogP contribution >= 0.6 is 0 Å². The van der Waals surface area contributed by atoms with Gasteiger partial charge in [0.1, 0.15) is 17.6 Å². The molecule has 0 radical (unpaired) electrons. The maximum absolute atomic E-state index is 12.0. The molecule has 0 unspecified atom stereocenters. The van der Waals surface area contributed by atoms with Crippen molar-refractivity contribution in [1.29, 1.82) is 5.26 Å². The molecule has 1 aromatic carbocycles. The van der Waals surface area contributed by atoms with Crippen molar-refractivity contribution in [2.75, 3.05) is 26.0 Å². The second kappa shape index (κ2) is 5.17. The van der Waals surface area contributed by atoms with Crippen LogP contribution in [0.1, 0.15) is 18.1 Å². The van der Waals surface area contributed by atoms with Crippen LogP contribution in [0.5, 0.6) is 0 Å². The van der Waals surface area contributed by atoms with E-state index in [0.717, 1.165) is 5.69 Å². The minimum Gasteiger partial charge on any atom is -0.377 e. The number of likely N-dealkylation sites (N-methyl/N-ethyl adjacent to an activating group) is 1. The number of carbonyl (C=O) groups excluding carboxylic acids is 1. The third-order valence-electron chi connectivity index (χ3n) is 3.25. The largest absolute Gasteiger partial charge is 0.377 e. The van der Waals surface area contributed by atoms with Crippen LogP contribution in [0.3, 0.4) is 0 Å². The Balaban J connectivity index is 2.54. The van der Waals surface area contributed by atoms with E-state index < -0.39 is 0 Å². The fraction of sp³-hybridized carbons (Fsp3) is 0.267. The predicted octanol–water partition coefficient (Wildman–Crippen LogP) is 1.86. The van der Waals surface area contributed by atoms with Gasteiger partial charge < -0.3 is 4.90 Å². The molecule has 1 heterocycles. The molecule has 102 valence electrons. The van der Waals surface area contributed by atoms with Gasteiger partial charge in [0.05, 0.1) is 11.3 Å². The van der Waals surface area contributed by atoms with E-state index in [1.165, 1.54) is 4.90 Å². The topological polar surface area (TPSA) is 59.7 Å². The van der Waals surface area contributed by atoms with Gasteiger partial charge in [-0.1, -0.05) is 12.1 Å². The molecular formula is C15H16N4O. The molecule has 0 saturated carbocycles. The summed E-state index contributed by atoms with van der Waals surface area (Å²) in [5, 5.41) is 9.35. The predicted molar refractivity (Wildman–Crippen MR) is 79.3 cm³/mol. The average molecular weight is 268 g/mol. The summed E-state index contributed by atoms with van der Waals surface area (Å²) in [7, 11) is 5.44. The van der Waals surface area contributed by atoms with Gasteiger partial charge in [0.15, 0.2) is 0 Å². The molecule has 0 aromatic heterocycles. The van der Waals surface area contributed by atoms with E-state index in [0.29, 0.717) is 22.7 Å². The Kier molecular flexibility index (Phi) is 3.57. The minimum absolute atomic E-state index is 0.151. The van der Waals surface area contributed by atoms with Crippen LogP contribution < -0.4 is 4.90 Å². The molecule has 0 atom stereocenters. The number of hydrogen-bond acceptors (Lipinski definition) is 4. The molecule has 1 aromatic rings. The Morgan fingerprint density at radius 1 is 1.40 bits per heavy atom. The number of anilines is 1. The van der Waals surface area contributed by atoms with Crippen LogP contribution in [0.25, 0.3) is 6.08 Å². The van der Waals surface area contributed by atoms with Crippen LogP contribution in [-0.4, -0.2) is 37.8 Å². The fourth-order valence-corrected chi connectivity index (χ4v) is 2.03. The van der Waals surface area contributed by atoms with Gasteiger partial charge in [0, 0.05) is 21.1 Å². The second-order valence-electron chi connectivity index (χ2n) is 4.80. The Bertz CT molecular complexity index is 665. The quantitative estimate of drug-likeness (QED) is 0.769. The molecule has 5 nitrogen and oxygen atoms in total. The van der Waals surface area contributed by atoms with Crippen molar-refractivity contribution in [2.24, 2.45) is 4.99 Å². The summed E-state index contributed by atoms with van der Waals surface area (Å²) in [4.78, 5) is 19.6. The highest BCUT2D eigenvalue weighted by Gasteiger charge is 2.24. The van der Waals surface area contributed by atoms with E-state index in [1.54, 1.807) is 20.0 Å². The van der Waals surface area contributed by atoms with Crippen molar-refractivity contribution in [3.05, 3.63) is 35.0 Å². The van der Waals surface area contributed by atoms with Crippen molar-refractivity contribution >= 4 is 23.5 Å². The second-order valence-corrected chi connectivity index (χ2v) is 4.80. The Hall–Kier alpha value is -2.61. The highest BCUT2D eigenvalue weighted by molar-refractivity contribution is 6.13. The van der Waals surface area contributed by atoms with Crippen LogP contribution in [0.4, 0.5) is 5.69 Å². The van der Waals surface area contributed by atoms with Crippen LogP contribution in [0, 0.1) is 11.3 Å². The maximum atomic E-state index is 12.0. The van der Waals surface area contributed by atoms with Gasteiger partial charge >= 0.3 is 0 Å². The molecule has 0 saturated heterocycles. The molecular weight excluding hydrogens is 252 g/mol. The monoisotopic (exact) mass is 268 g/mol. The molecule has 0 spiro atoms. The highest BCUT2D eigenvalue weighted by atomic mass is 16.2. The maximum Gasteiger partial charge on any atom is 0.277 e. The number of nitriles is 1. The SMILES string of the molecule is CC1=N/C(=C\c2cccc(N(C)C)c2C#N)C(=O)N1C. The van der Waals surface area contributed by atoms with Crippen molar-refractivity contribution in [1.82, 2.24) is 4.90 Å². The number of hydrogen-bond donors (Lipinski definition) is 0. The number of rotatable bonds is 2. The van der Waals surface area contributed by atoms with Gasteiger partial charge in [-0.15, -0.1) is 0 Å². The summed E-state index contributed by atoms with van der Waals surface area (Å²) >= 11 is 0. The highest BCUT2D eigenvalue weighted by Crippen LogP contribution is 2.25. The van der Waals surface area contributed by atoms with Crippen molar-refractivity contribution in [3.8, 4) is 6.07 Å². The van der Waals surface area contributed by atoms with E-state index in [2.05, 4.69) is 11.1 Å². The van der Waals surface area contributed by atoms with E-state index in [-0.39, 0.29) is 5.91 Å². The number of amides is 1. The summed E-state index contributed by atoms with van der Waals surface area (Å²) in [5.41, 5.74) is 2.42. The zero-order valence-corrected chi connectivity index (χ0v) is 12.0. The number of benzene rings is 1. The van der Waals surface area contributed by atoms with Gasteiger partial charge in [0.2, 0.25) is 0 Å². The molecule has 0 bridgehead atoms. The summed E-state index contributed by atoms with van der Waals surface area (Å²) < 4.78 is 0. The molecule has 2 rings (SSSR count). The van der Waals surface area contributed by atoms with Crippen LogP contribution in [0.2, 0.25) is 0 Å². The number of carbonyl (C=O) groups is 1. The molecule has 0 aliphatic carbocycles. The zero-order chi connectivity index (χ0) is 14.9. The van der Waals surface area contributed by atoms with Gasteiger partial charge in [-0.2, -0.15) is 5.26 Å². The van der Waals surface area contributed by atoms with E-state index in [1.807, 2.05) is 37.2 Å². The number of nitrogens with zero attached hydrogens (tertiary/aromatic N) is 4. The number of aliphatic imine (C=N–C) groups is 1. The number of amidine groups is 1. The summed E-state index contributed by atoms with van der Waals surface area (Å²) in [6.45, 7) is 1.78. The molecule has 5 heteroatoms. The first-order valence-corrected chi connectivity index (χ1v) is 6.21. The van der Waals surface area contributed by atoms with E-state index in [9.17, 15) is 10.1 Å². The standard InChI is InChI=1S/C15H16N4O/c1-10-17-13(15(20)19(10)4)8-11-6-5-7-14(18(2)3)12(11)9-16/h5-8H,1-4H3/b13-8-. The fourth-order valence-electron chi connectivity index (χ4n) is 2.03. The lowest BCUT2D eigenvalue weighted by Crippen LogP contribution is -2.25. The summed E-state index contributed by atoms with van der Waals surface area (Å²) in [5.74, 6) is 0.505. The third-order valence-corrected chi connectivity index (χ3v) is 3.25. The minimum atomic E-state index is -0.151. The lowest BCUT2D eigenvalue weighted by Gasteiger charge is -2.15. The van der Waals surface area contributed by atoms with Gasteiger partial charge in [-0.25, -0.2) is 4.99 Å². The Morgan fingerprint density at radius 3 is 2.60 bits per heavy atom. The summed E-state index contributed by atoms with van der Waals surface area (Å²) in [6.07, 6.45) is 1.67. The zero-order valence-electron chi connectivity index (χ0n) is 12.0. The lowest BCUT2D eigenvalue weighted by molar-refractivity contribution is -0.121. The molecule has 0 N–H and O–H groups in total. The molecule has 20 heavy (non-hydrogen) atoms. The Labute approximate surface area is 118 Å². The molecule has 0 fully saturated rings. The smallest absolute Gasteiger partial charge is 0.277 e. The van der Waals surface area contributed by atoms with E-state index in [4.69, 9.17) is 0 Å². The van der Waals surface area contributed by atoms with Crippen molar-refractivity contribution in [3.63, 3.8) is 0 Å². The van der Waals surface area contributed by atoms with Crippen LogP contribution in [-0.2, 0) is 4.79 Å². The average Bonchev–Trinajstić information content (AvgIpc) is 2.66. The van der Waals surface area contributed by atoms with Gasteiger partial charge in [-0.3, -0.25) is 9.69 Å². The molecule has 1 aliphatic rings. The molecule has 1 amide bonds. The Morgan fingerprint density at radius 2 is 2.10 bits per heavy atom. The van der Waals surface area contributed by atoms with Crippen molar-refractivity contribution < 1.29 is 4.79 Å². The first kappa shape index (κ1) is 13.8. The normalized spacial score (nSPS) is 16.4.